The van der Waals surface area contributed by atoms with Crippen molar-refractivity contribution in [3.8, 4) is 16.9 Å². The summed E-state index contributed by atoms with van der Waals surface area (Å²) >= 11 is 1.58. The van der Waals surface area contributed by atoms with Gasteiger partial charge in [0.15, 0.2) is 0 Å². The molecule has 1 heterocycles. The number of aliphatic carboxylic acids is 1. The Bertz CT molecular complexity index is 1280. The molecule has 0 radical (unpaired) electrons. The summed E-state index contributed by atoms with van der Waals surface area (Å²) in [6.07, 6.45) is 3.97. The lowest BCUT2D eigenvalue weighted by atomic mass is 10.0. The lowest BCUT2D eigenvalue weighted by Gasteiger charge is -2.25. The third-order valence-corrected chi connectivity index (χ3v) is 7.64. The molecule has 4 rings (SSSR count). The Hall–Kier alpha value is -3.82. The van der Waals surface area contributed by atoms with Crippen LogP contribution in [0.3, 0.4) is 0 Å². The summed E-state index contributed by atoms with van der Waals surface area (Å²) in [4.78, 5) is 27.2. The highest BCUT2D eigenvalue weighted by Gasteiger charge is 2.40. The first kappa shape index (κ1) is 29.7. The second-order valence-electron chi connectivity index (χ2n) is 9.47. The van der Waals surface area contributed by atoms with Gasteiger partial charge in [0.25, 0.3) is 0 Å². The topological polar surface area (TPSA) is 148 Å². The Balaban J connectivity index is 0.00000420. The number of carboxylic acid groups (broad SMARTS) is 1. The molecule has 0 aliphatic carbocycles. The maximum absolute atomic E-state index is 13.1. The number of benzene rings is 3. The van der Waals surface area contributed by atoms with Gasteiger partial charge in [0.05, 0.1) is 18.4 Å². The molecule has 2 atom stereocenters. The van der Waals surface area contributed by atoms with E-state index in [2.05, 4.69) is 18.2 Å². The lowest BCUT2D eigenvalue weighted by Crippen LogP contribution is -2.38. The number of nitrogen functional groups attached to an aromatic ring is 1. The fraction of sp³-hybridized carbons (Fsp3) is 0.300. The number of nitrogens with two attached hydrogens (primary N) is 1. The summed E-state index contributed by atoms with van der Waals surface area (Å²) in [6.45, 7) is 0.885. The normalized spacial score (nSPS) is 16.5. The molecule has 0 bridgehead atoms. The zero-order valence-electron chi connectivity index (χ0n) is 21.9. The summed E-state index contributed by atoms with van der Waals surface area (Å²) in [5.41, 5.74) is 9.50. The highest BCUT2D eigenvalue weighted by Crippen LogP contribution is 2.34. The summed E-state index contributed by atoms with van der Waals surface area (Å²) in [6, 6.07) is 23.5. The van der Waals surface area contributed by atoms with E-state index in [1.165, 1.54) is 5.56 Å². The van der Waals surface area contributed by atoms with Gasteiger partial charge >= 0.3 is 5.97 Å². The Morgan fingerprint density at radius 3 is 2.44 bits per heavy atom. The predicted molar refractivity (Wildman–Crippen MR) is 154 cm³/mol. The van der Waals surface area contributed by atoms with Crippen molar-refractivity contribution in [2.24, 2.45) is 11.7 Å². The molecular formula is C30H35N3O5S. The number of nitrogens with one attached hydrogen (secondary N) is 1. The molecule has 0 unspecified atom stereocenters. The number of amidine groups is 1. The molecule has 6 N–H and O–H groups in total. The molecule has 1 aliphatic rings. The van der Waals surface area contributed by atoms with Gasteiger partial charge in [-0.1, -0.05) is 60.7 Å². The van der Waals surface area contributed by atoms with Crippen molar-refractivity contribution in [2.45, 2.75) is 36.6 Å². The van der Waals surface area contributed by atoms with Crippen LogP contribution in [0.5, 0.6) is 5.75 Å². The average Bonchev–Trinajstić information content (AvgIpc) is 3.21. The van der Waals surface area contributed by atoms with Crippen LogP contribution in [0.1, 0.15) is 30.4 Å². The second-order valence-corrected chi connectivity index (χ2v) is 10.3. The molecule has 0 aromatic heterocycles. The zero-order chi connectivity index (χ0) is 27.1. The second kappa shape index (κ2) is 13.8. The van der Waals surface area contributed by atoms with Gasteiger partial charge in [-0.3, -0.25) is 15.0 Å². The summed E-state index contributed by atoms with van der Waals surface area (Å²) in [7, 11) is 0. The van der Waals surface area contributed by atoms with E-state index < -0.39 is 11.9 Å². The number of carbonyl (C=O) groups excluding carboxylic acids is 1. The Labute approximate surface area is 233 Å². The number of carbonyl (C=O) groups is 2. The Morgan fingerprint density at radius 2 is 1.79 bits per heavy atom. The number of carboxylic acids is 1. The van der Waals surface area contributed by atoms with E-state index in [-0.39, 0.29) is 29.7 Å². The zero-order valence-corrected chi connectivity index (χ0v) is 22.7. The van der Waals surface area contributed by atoms with Gasteiger partial charge < -0.3 is 26.0 Å². The maximum Gasteiger partial charge on any atom is 0.304 e. The van der Waals surface area contributed by atoms with E-state index >= 15 is 0 Å². The molecule has 1 saturated heterocycles. The molecule has 3 aromatic rings. The standard InChI is InChI=1S/C30H33N3O4S.H2O/c1-38-27-17-23(21-9-11-22(12-10-21)29(31)32)13-14-26(27)37-19-25-16-24(18-28(34)35)30(36)33(25)15-5-8-20-6-3-2-4-7-20;/h2-4,6-7,9-14,17,24-25H,5,8,15-16,18-19H2,1H3,(H3,31,32)(H,34,35);1H2/t24-,25-;/m0./s1. The van der Waals surface area contributed by atoms with Crippen molar-refractivity contribution in [3.63, 3.8) is 0 Å². The minimum atomic E-state index is -0.953. The van der Waals surface area contributed by atoms with Crippen LogP contribution in [0.4, 0.5) is 0 Å². The fourth-order valence-corrected chi connectivity index (χ4v) is 5.47. The van der Waals surface area contributed by atoms with Crippen LogP contribution in [0.15, 0.2) is 77.7 Å². The number of nitrogens with zero attached hydrogens (tertiary/aromatic N) is 1. The van der Waals surface area contributed by atoms with Crippen LogP contribution in [0.2, 0.25) is 0 Å². The first-order valence-corrected chi connectivity index (χ1v) is 13.9. The van der Waals surface area contributed by atoms with E-state index in [4.69, 9.17) is 15.9 Å². The van der Waals surface area contributed by atoms with E-state index in [0.29, 0.717) is 25.1 Å². The van der Waals surface area contributed by atoms with Gasteiger partial charge in [-0.15, -0.1) is 11.8 Å². The first-order valence-electron chi connectivity index (χ1n) is 12.7. The van der Waals surface area contributed by atoms with E-state index in [0.717, 1.165) is 34.6 Å². The van der Waals surface area contributed by atoms with Gasteiger partial charge in [-0.25, -0.2) is 0 Å². The van der Waals surface area contributed by atoms with Crippen LogP contribution in [-0.4, -0.2) is 58.6 Å². The number of hydrogen-bond acceptors (Lipinski definition) is 5. The van der Waals surface area contributed by atoms with Crippen LogP contribution in [0.25, 0.3) is 11.1 Å². The SMILES string of the molecule is CSc1cc(-c2ccc(C(=N)N)cc2)ccc1OC[C@@H]1C[C@@H](CC(=O)O)C(=O)N1CCCc1ccccc1.O. The van der Waals surface area contributed by atoms with Gasteiger partial charge in [-0.05, 0) is 54.3 Å². The van der Waals surface area contributed by atoms with Crippen LogP contribution < -0.4 is 10.5 Å². The van der Waals surface area contributed by atoms with Gasteiger partial charge in [-0.2, -0.15) is 0 Å². The number of ether oxygens (including phenoxy) is 1. The lowest BCUT2D eigenvalue weighted by molar-refractivity contribution is -0.142. The van der Waals surface area contributed by atoms with Gasteiger partial charge in [0, 0.05) is 17.0 Å². The molecular weight excluding hydrogens is 514 g/mol. The fourth-order valence-electron chi connectivity index (χ4n) is 4.90. The first-order chi connectivity index (χ1) is 18.4. The number of hydrogen-bond donors (Lipinski definition) is 3. The Morgan fingerprint density at radius 1 is 1.10 bits per heavy atom. The minimum Gasteiger partial charge on any atom is -0.490 e. The van der Waals surface area contributed by atoms with E-state index in [1.54, 1.807) is 11.8 Å². The molecule has 9 heteroatoms. The number of aryl methyl sites for hydroxylation is 1. The van der Waals surface area contributed by atoms with E-state index in [1.807, 2.05) is 65.8 Å². The number of likely N-dealkylation sites (tertiary alicyclic amines) is 1. The number of thioether (sulfide) groups is 1. The largest absolute Gasteiger partial charge is 0.490 e. The quantitative estimate of drug-likeness (QED) is 0.175. The molecule has 0 spiro atoms. The van der Waals surface area contributed by atoms with Crippen molar-refractivity contribution < 1.29 is 24.9 Å². The van der Waals surface area contributed by atoms with Crippen molar-refractivity contribution in [1.82, 2.24) is 4.90 Å². The van der Waals surface area contributed by atoms with Crippen molar-refractivity contribution in [3.05, 3.63) is 83.9 Å². The van der Waals surface area contributed by atoms with Crippen molar-refractivity contribution in [2.75, 3.05) is 19.4 Å². The number of amides is 1. The maximum atomic E-state index is 13.1. The third-order valence-electron chi connectivity index (χ3n) is 6.88. The monoisotopic (exact) mass is 549 g/mol. The summed E-state index contributed by atoms with van der Waals surface area (Å²) in [5, 5.41) is 16.9. The molecule has 1 amide bonds. The molecule has 1 aliphatic heterocycles. The average molecular weight is 550 g/mol. The summed E-state index contributed by atoms with van der Waals surface area (Å²) in [5.74, 6) is -0.789. The van der Waals surface area contributed by atoms with Crippen molar-refractivity contribution >= 4 is 29.5 Å². The molecule has 3 aromatic carbocycles. The van der Waals surface area contributed by atoms with E-state index in [9.17, 15) is 14.7 Å². The summed E-state index contributed by atoms with van der Waals surface area (Å²) < 4.78 is 6.24. The van der Waals surface area contributed by atoms with Gasteiger partial charge in [0.1, 0.15) is 18.2 Å². The van der Waals surface area contributed by atoms with Gasteiger partial charge in [0.2, 0.25) is 5.91 Å². The molecule has 8 nitrogen and oxygen atoms in total. The minimum absolute atomic E-state index is 0. The molecule has 0 saturated carbocycles. The van der Waals surface area contributed by atoms with Crippen LogP contribution >= 0.6 is 11.8 Å². The highest BCUT2D eigenvalue weighted by atomic mass is 32.2. The highest BCUT2D eigenvalue weighted by molar-refractivity contribution is 7.98. The number of rotatable bonds is 12. The Kier molecular flexibility index (Phi) is 10.5. The molecule has 39 heavy (non-hydrogen) atoms. The van der Waals surface area contributed by atoms with Crippen LogP contribution in [0, 0.1) is 11.3 Å². The smallest absolute Gasteiger partial charge is 0.304 e. The molecule has 206 valence electrons. The predicted octanol–water partition coefficient (Wildman–Crippen LogP) is 4.24. The van der Waals surface area contributed by atoms with Crippen molar-refractivity contribution in [1.29, 1.82) is 5.41 Å². The molecule has 1 fully saturated rings. The third kappa shape index (κ3) is 7.61. The van der Waals surface area contributed by atoms with Crippen LogP contribution in [-0.2, 0) is 16.0 Å².